The van der Waals surface area contributed by atoms with Gasteiger partial charge >= 0.3 is 5.97 Å². The van der Waals surface area contributed by atoms with Gasteiger partial charge in [0.25, 0.3) is 0 Å². The lowest BCUT2D eigenvalue weighted by atomic mass is 9.98. The van der Waals surface area contributed by atoms with Crippen LogP contribution in [0.3, 0.4) is 0 Å². The number of fused-ring (bicyclic) bond motifs is 1. The number of nitrogen functional groups attached to an aromatic ring is 1. The van der Waals surface area contributed by atoms with Gasteiger partial charge in [-0.05, 0) is 25.7 Å². The van der Waals surface area contributed by atoms with E-state index in [1.165, 1.54) is 4.57 Å². The first-order chi connectivity index (χ1) is 11.3. The summed E-state index contributed by atoms with van der Waals surface area (Å²) in [6.07, 6.45) is 3.40. The second kappa shape index (κ2) is 4.54. The van der Waals surface area contributed by atoms with Crippen LogP contribution in [0.4, 0.5) is 14.5 Å². The van der Waals surface area contributed by atoms with Crippen molar-refractivity contribution in [1.29, 1.82) is 0 Å². The normalized spacial score (nSPS) is 18.8. The number of anilines is 1. The van der Waals surface area contributed by atoms with Crippen LogP contribution < -0.4 is 16.9 Å². The van der Waals surface area contributed by atoms with Crippen LogP contribution in [-0.4, -0.2) is 15.6 Å². The number of halogens is 2. The van der Waals surface area contributed by atoms with Crippen molar-refractivity contribution in [2.45, 2.75) is 37.3 Å². The zero-order chi connectivity index (χ0) is 17.4. The largest absolute Gasteiger partial charge is 0.477 e. The molecule has 0 radical (unpaired) electrons. The lowest BCUT2D eigenvalue weighted by Crippen LogP contribution is -2.27. The summed E-state index contributed by atoms with van der Waals surface area (Å²) in [5.74, 6) is -3.45. The highest BCUT2D eigenvalue weighted by atomic mass is 19.1. The fraction of sp³-hybridized carbons (Fsp3) is 0.375. The number of rotatable bonds is 3. The van der Waals surface area contributed by atoms with Crippen molar-refractivity contribution in [1.82, 2.24) is 4.57 Å². The van der Waals surface area contributed by atoms with Gasteiger partial charge < -0.3 is 21.1 Å². The molecule has 1 aromatic carbocycles. The molecule has 24 heavy (non-hydrogen) atoms. The first-order valence-corrected chi connectivity index (χ1v) is 7.64. The summed E-state index contributed by atoms with van der Waals surface area (Å²) in [5, 5.41) is 8.79. The Kier molecular flexibility index (Phi) is 2.85. The third-order valence-corrected chi connectivity index (χ3v) is 4.84. The molecule has 0 bridgehead atoms. The maximum Gasteiger partial charge on any atom is 0.341 e. The molecule has 0 aliphatic heterocycles. The predicted molar refractivity (Wildman–Crippen MR) is 82.9 cm³/mol. The highest BCUT2D eigenvalue weighted by Crippen LogP contribution is 2.48. The Morgan fingerprint density at radius 3 is 2.42 bits per heavy atom. The molecule has 0 amide bonds. The summed E-state index contributed by atoms with van der Waals surface area (Å²) in [6.45, 7) is 0. The van der Waals surface area contributed by atoms with Crippen molar-refractivity contribution < 1.29 is 18.7 Å². The molecule has 126 valence electrons. The van der Waals surface area contributed by atoms with E-state index in [0.29, 0.717) is 12.8 Å². The van der Waals surface area contributed by atoms with Crippen molar-refractivity contribution in [2.24, 2.45) is 5.73 Å². The Balaban J connectivity index is 2.21. The summed E-state index contributed by atoms with van der Waals surface area (Å²) < 4.78 is 31.2. The van der Waals surface area contributed by atoms with E-state index >= 15 is 4.39 Å². The molecule has 1 heterocycles. The van der Waals surface area contributed by atoms with E-state index in [2.05, 4.69) is 0 Å². The van der Waals surface area contributed by atoms with Crippen LogP contribution in [0.2, 0.25) is 0 Å². The topological polar surface area (TPSA) is 111 Å². The van der Waals surface area contributed by atoms with Gasteiger partial charge in [-0.3, -0.25) is 4.79 Å². The van der Waals surface area contributed by atoms with Crippen LogP contribution in [0, 0.1) is 11.6 Å². The molecular formula is C16H15F2N3O3. The minimum atomic E-state index is -1.46. The van der Waals surface area contributed by atoms with Crippen LogP contribution >= 0.6 is 0 Å². The highest BCUT2D eigenvalue weighted by molar-refractivity contribution is 5.98. The summed E-state index contributed by atoms with van der Waals surface area (Å²) in [6, 6.07) is -0.133. The lowest BCUT2D eigenvalue weighted by Gasteiger charge is -2.19. The third kappa shape index (κ3) is 1.89. The van der Waals surface area contributed by atoms with Gasteiger partial charge in [-0.15, -0.1) is 0 Å². The Hall–Kier alpha value is -2.48. The fourth-order valence-corrected chi connectivity index (χ4v) is 3.18. The fourth-order valence-electron chi connectivity index (χ4n) is 3.18. The summed E-state index contributed by atoms with van der Waals surface area (Å²) >= 11 is 0. The minimum absolute atomic E-state index is 0.133. The minimum Gasteiger partial charge on any atom is -0.477 e. The van der Waals surface area contributed by atoms with Gasteiger partial charge in [0, 0.05) is 23.3 Å². The average Bonchev–Trinajstić information content (AvgIpc) is 3.41. The molecular weight excluding hydrogens is 320 g/mol. The standard InChI is InChI=1S/C16H15F2N3O3/c17-10-9(16(20)3-4-16)11(18)13-8(12(10)19)14(22)7(15(23)24)5-21(13)6-1-2-6/h5-6H,1-4,19-20H2,(H,23,24). The molecule has 2 aliphatic rings. The Morgan fingerprint density at radius 2 is 1.92 bits per heavy atom. The third-order valence-electron chi connectivity index (χ3n) is 4.84. The monoisotopic (exact) mass is 335 g/mol. The van der Waals surface area contributed by atoms with Gasteiger partial charge in [0.1, 0.15) is 5.56 Å². The van der Waals surface area contributed by atoms with Crippen molar-refractivity contribution in [3.63, 3.8) is 0 Å². The quantitative estimate of drug-likeness (QED) is 0.741. The zero-order valence-corrected chi connectivity index (χ0v) is 12.6. The molecule has 5 N–H and O–H groups in total. The molecule has 0 unspecified atom stereocenters. The molecule has 0 saturated heterocycles. The van der Waals surface area contributed by atoms with Crippen LogP contribution in [0.25, 0.3) is 10.9 Å². The van der Waals surface area contributed by atoms with Crippen molar-refractivity contribution in [2.75, 3.05) is 5.73 Å². The van der Waals surface area contributed by atoms with Crippen molar-refractivity contribution >= 4 is 22.6 Å². The summed E-state index contributed by atoms with van der Waals surface area (Å²) in [4.78, 5) is 23.7. The molecule has 2 saturated carbocycles. The SMILES string of the molecule is Nc1c(F)c(C2(N)CC2)c(F)c2c1c(=O)c(C(=O)O)cn2C1CC1. The van der Waals surface area contributed by atoms with Crippen LogP contribution in [0.1, 0.15) is 47.6 Å². The number of carboxylic acids is 1. The number of nitrogens with zero attached hydrogens (tertiary/aromatic N) is 1. The molecule has 6 nitrogen and oxygen atoms in total. The van der Waals surface area contributed by atoms with Gasteiger partial charge in [-0.25, -0.2) is 13.6 Å². The molecule has 2 aromatic rings. The molecule has 8 heteroatoms. The second-order valence-electron chi connectivity index (χ2n) is 6.61. The number of hydrogen-bond acceptors (Lipinski definition) is 4. The van der Waals surface area contributed by atoms with E-state index < -0.39 is 45.2 Å². The van der Waals surface area contributed by atoms with E-state index in [1.54, 1.807) is 0 Å². The maximum atomic E-state index is 15.1. The van der Waals surface area contributed by atoms with Crippen LogP contribution in [-0.2, 0) is 5.54 Å². The molecule has 1 aromatic heterocycles. The molecule has 0 atom stereocenters. The van der Waals surface area contributed by atoms with E-state index in [9.17, 15) is 19.1 Å². The van der Waals surface area contributed by atoms with Crippen LogP contribution in [0.15, 0.2) is 11.0 Å². The summed E-state index contributed by atoms with van der Waals surface area (Å²) in [7, 11) is 0. The zero-order valence-electron chi connectivity index (χ0n) is 12.6. The number of pyridine rings is 1. The Bertz CT molecular complexity index is 975. The number of carboxylic acid groups (broad SMARTS) is 1. The number of nitrogens with two attached hydrogens (primary N) is 2. The highest BCUT2D eigenvalue weighted by Gasteiger charge is 2.46. The first kappa shape index (κ1) is 15.1. The molecule has 2 fully saturated rings. The van der Waals surface area contributed by atoms with Gasteiger partial charge in [-0.2, -0.15) is 0 Å². The Labute approximate surface area is 134 Å². The lowest BCUT2D eigenvalue weighted by molar-refractivity contribution is 0.0695. The molecule has 2 aliphatic carbocycles. The first-order valence-electron chi connectivity index (χ1n) is 7.64. The Morgan fingerprint density at radius 1 is 1.29 bits per heavy atom. The van der Waals surface area contributed by atoms with E-state index in [0.717, 1.165) is 19.0 Å². The number of aromatic carboxylic acids is 1. The van der Waals surface area contributed by atoms with Crippen LogP contribution in [0.5, 0.6) is 0 Å². The number of hydrogen-bond donors (Lipinski definition) is 3. The van der Waals surface area contributed by atoms with E-state index in [4.69, 9.17) is 11.5 Å². The molecule has 4 rings (SSSR count). The van der Waals surface area contributed by atoms with Gasteiger partial charge in [0.2, 0.25) is 5.43 Å². The summed E-state index contributed by atoms with van der Waals surface area (Å²) in [5.41, 5.74) is 8.07. The predicted octanol–water partition coefficient (Wildman–Crippen LogP) is 1.84. The average molecular weight is 335 g/mol. The molecule has 0 spiro atoms. The number of carbonyl (C=O) groups is 1. The van der Waals surface area contributed by atoms with Crippen molar-refractivity contribution in [3.8, 4) is 0 Å². The smallest absolute Gasteiger partial charge is 0.341 e. The number of aromatic nitrogens is 1. The second-order valence-corrected chi connectivity index (χ2v) is 6.61. The van der Waals surface area contributed by atoms with Crippen molar-refractivity contribution in [3.05, 3.63) is 39.2 Å². The van der Waals surface area contributed by atoms with Gasteiger partial charge in [0.15, 0.2) is 11.6 Å². The maximum absolute atomic E-state index is 15.1. The number of benzene rings is 1. The van der Waals surface area contributed by atoms with Gasteiger partial charge in [-0.1, -0.05) is 0 Å². The van der Waals surface area contributed by atoms with Gasteiger partial charge in [0.05, 0.1) is 16.6 Å². The van der Waals surface area contributed by atoms with E-state index in [-0.39, 0.29) is 17.1 Å². The van der Waals surface area contributed by atoms with E-state index in [1.807, 2.05) is 0 Å².